The van der Waals surface area contributed by atoms with E-state index in [4.69, 9.17) is 5.73 Å². The summed E-state index contributed by atoms with van der Waals surface area (Å²) in [7, 11) is 0. The molecule has 2 N–H and O–H groups in total. The predicted octanol–water partition coefficient (Wildman–Crippen LogP) is 3.61. The molecule has 2 rings (SSSR count). The van der Waals surface area contributed by atoms with Crippen LogP contribution in [-0.2, 0) is 0 Å². The number of rotatable bonds is 4. The van der Waals surface area contributed by atoms with Crippen molar-refractivity contribution < 1.29 is 0 Å². The van der Waals surface area contributed by atoms with Crippen LogP contribution in [0.5, 0.6) is 0 Å². The molecule has 1 nitrogen and oxygen atoms in total. The highest BCUT2D eigenvalue weighted by molar-refractivity contribution is 7.99. The Labute approximate surface area is 102 Å². The minimum Gasteiger partial charge on any atom is -0.324 e. The molecule has 0 amide bonds. The number of allylic oxidation sites excluding steroid dienone is 1. The zero-order valence-corrected chi connectivity index (χ0v) is 10.4. The average Bonchev–Trinajstić information content (AvgIpc) is 2.30. The molecule has 0 fully saturated rings. The zero-order valence-electron chi connectivity index (χ0n) is 9.56. The summed E-state index contributed by atoms with van der Waals surface area (Å²) in [5, 5.41) is 0. The average molecular weight is 233 g/mol. The Morgan fingerprint density at radius 1 is 1.25 bits per heavy atom. The lowest BCUT2D eigenvalue weighted by Gasteiger charge is -2.17. The fraction of sp³-hybridized carbons (Fsp3) is 0.429. The van der Waals surface area contributed by atoms with Crippen LogP contribution in [0.1, 0.15) is 25.7 Å². The Kier molecular flexibility index (Phi) is 4.49. The monoisotopic (exact) mass is 233 g/mol. The second-order valence-electron chi connectivity index (χ2n) is 4.29. The lowest BCUT2D eigenvalue weighted by atomic mass is 9.95. The Hall–Kier alpha value is -0.730. The van der Waals surface area contributed by atoms with Crippen molar-refractivity contribution in [3.8, 4) is 0 Å². The maximum atomic E-state index is 5.92. The molecule has 2 heteroatoms. The van der Waals surface area contributed by atoms with E-state index >= 15 is 0 Å². The minimum atomic E-state index is 0.311. The van der Waals surface area contributed by atoms with Crippen molar-refractivity contribution in [2.24, 2.45) is 5.73 Å². The molecule has 0 saturated carbocycles. The van der Waals surface area contributed by atoms with Crippen molar-refractivity contribution in [2.45, 2.75) is 36.6 Å². The maximum Gasteiger partial charge on any atom is 0.0226 e. The van der Waals surface area contributed by atoms with E-state index in [0.29, 0.717) is 6.04 Å². The Morgan fingerprint density at radius 3 is 2.81 bits per heavy atom. The van der Waals surface area contributed by atoms with Crippen molar-refractivity contribution in [2.75, 3.05) is 5.75 Å². The highest BCUT2D eigenvalue weighted by Gasteiger charge is 2.09. The van der Waals surface area contributed by atoms with Crippen molar-refractivity contribution in [1.29, 1.82) is 0 Å². The van der Waals surface area contributed by atoms with Gasteiger partial charge >= 0.3 is 0 Å². The molecule has 1 aliphatic rings. The van der Waals surface area contributed by atoms with Crippen molar-refractivity contribution >= 4 is 11.8 Å². The molecule has 1 aromatic rings. The second kappa shape index (κ2) is 6.12. The van der Waals surface area contributed by atoms with Crippen molar-refractivity contribution in [3.05, 3.63) is 42.0 Å². The van der Waals surface area contributed by atoms with E-state index in [1.54, 1.807) is 5.57 Å². The molecule has 16 heavy (non-hydrogen) atoms. The number of hydrogen-bond acceptors (Lipinski definition) is 2. The predicted molar refractivity (Wildman–Crippen MR) is 71.7 cm³/mol. The summed E-state index contributed by atoms with van der Waals surface area (Å²) in [5.74, 6) is 1.17. The zero-order chi connectivity index (χ0) is 11.2. The first-order chi connectivity index (χ1) is 7.84. The van der Waals surface area contributed by atoms with Crippen molar-refractivity contribution in [3.63, 3.8) is 0 Å². The first-order valence-corrected chi connectivity index (χ1v) is 6.96. The van der Waals surface area contributed by atoms with Gasteiger partial charge in [0, 0.05) is 16.7 Å². The maximum absolute atomic E-state index is 5.92. The van der Waals surface area contributed by atoms with Crippen LogP contribution in [0.4, 0.5) is 0 Å². The standard InChI is InChI=1S/C14H19NS/c15-13-6-4-5-12(11-13)9-10-16-14-7-2-1-3-8-14/h1-3,7-8,11,13H,4-6,9-10,15H2. The van der Waals surface area contributed by atoms with Gasteiger partial charge in [0.2, 0.25) is 0 Å². The minimum absolute atomic E-state index is 0.311. The third kappa shape index (κ3) is 3.69. The summed E-state index contributed by atoms with van der Waals surface area (Å²) in [6, 6.07) is 10.9. The molecule has 0 spiro atoms. The lowest BCUT2D eigenvalue weighted by Crippen LogP contribution is -2.20. The Morgan fingerprint density at radius 2 is 2.06 bits per heavy atom. The fourth-order valence-electron chi connectivity index (χ4n) is 2.06. The first-order valence-electron chi connectivity index (χ1n) is 5.97. The molecule has 0 saturated heterocycles. The van der Waals surface area contributed by atoms with Crippen LogP contribution in [0.25, 0.3) is 0 Å². The molecule has 0 aromatic heterocycles. The summed E-state index contributed by atoms with van der Waals surface area (Å²) in [6.07, 6.45) is 7.14. The molecular weight excluding hydrogens is 214 g/mol. The first kappa shape index (κ1) is 11.7. The van der Waals surface area contributed by atoms with E-state index in [-0.39, 0.29) is 0 Å². The number of thioether (sulfide) groups is 1. The van der Waals surface area contributed by atoms with E-state index in [2.05, 4.69) is 36.4 Å². The molecule has 1 unspecified atom stereocenters. The quantitative estimate of drug-likeness (QED) is 0.635. The lowest BCUT2D eigenvalue weighted by molar-refractivity contribution is 0.615. The van der Waals surface area contributed by atoms with Crippen LogP contribution in [0.15, 0.2) is 46.9 Å². The normalized spacial score (nSPS) is 20.6. The second-order valence-corrected chi connectivity index (χ2v) is 5.46. The fourth-order valence-corrected chi connectivity index (χ4v) is 3.01. The summed E-state index contributed by atoms with van der Waals surface area (Å²) < 4.78 is 0. The van der Waals surface area contributed by atoms with Gasteiger partial charge in [0.1, 0.15) is 0 Å². The third-order valence-electron chi connectivity index (χ3n) is 2.92. The molecule has 1 aromatic carbocycles. The van der Waals surface area contributed by atoms with Gasteiger partial charge in [-0.1, -0.05) is 29.8 Å². The van der Waals surface area contributed by atoms with Gasteiger partial charge in [-0.2, -0.15) is 0 Å². The molecule has 1 aliphatic carbocycles. The van der Waals surface area contributed by atoms with Crippen LogP contribution in [0, 0.1) is 0 Å². The van der Waals surface area contributed by atoms with Crippen LogP contribution < -0.4 is 5.73 Å². The summed E-state index contributed by atoms with van der Waals surface area (Å²) in [4.78, 5) is 1.36. The van der Waals surface area contributed by atoms with Gasteiger partial charge in [-0.3, -0.25) is 0 Å². The third-order valence-corrected chi connectivity index (χ3v) is 3.93. The van der Waals surface area contributed by atoms with Gasteiger partial charge in [0.15, 0.2) is 0 Å². The van der Waals surface area contributed by atoms with Crippen molar-refractivity contribution in [1.82, 2.24) is 0 Å². The van der Waals surface area contributed by atoms with Gasteiger partial charge in [-0.25, -0.2) is 0 Å². The molecule has 0 bridgehead atoms. The SMILES string of the molecule is NC1C=C(CCSc2ccccc2)CCC1. The van der Waals surface area contributed by atoms with E-state index in [1.165, 1.54) is 29.9 Å². The van der Waals surface area contributed by atoms with E-state index in [9.17, 15) is 0 Å². The summed E-state index contributed by atoms with van der Waals surface area (Å²) in [5.41, 5.74) is 7.48. The van der Waals surface area contributed by atoms with Crippen LogP contribution in [-0.4, -0.2) is 11.8 Å². The van der Waals surface area contributed by atoms with E-state index in [1.807, 2.05) is 11.8 Å². The molecule has 0 heterocycles. The smallest absolute Gasteiger partial charge is 0.0226 e. The van der Waals surface area contributed by atoms with Gasteiger partial charge in [0.25, 0.3) is 0 Å². The molecule has 86 valence electrons. The molecule has 0 aliphatic heterocycles. The van der Waals surface area contributed by atoms with Crippen LogP contribution in [0.3, 0.4) is 0 Å². The number of nitrogens with two attached hydrogens (primary N) is 1. The summed E-state index contributed by atoms with van der Waals surface area (Å²) in [6.45, 7) is 0. The number of hydrogen-bond donors (Lipinski definition) is 1. The van der Waals surface area contributed by atoms with Gasteiger partial charge < -0.3 is 5.73 Å². The van der Waals surface area contributed by atoms with Gasteiger partial charge in [-0.15, -0.1) is 11.8 Å². The molecular formula is C14H19NS. The number of benzene rings is 1. The topological polar surface area (TPSA) is 26.0 Å². The Bertz CT molecular complexity index is 345. The van der Waals surface area contributed by atoms with Gasteiger partial charge in [-0.05, 0) is 37.8 Å². The van der Waals surface area contributed by atoms with E-state index in [0.717, 1.165) is 6.42 Å². The van der Waals surface area contributed by atoms with E-state index < -0.39 is 0 Å². The highest BCUT2D eigenvalue weighted by Crippen LogP contribution is 2.24. The molecule has 0 radical (unpaired) electrons. The molecule has 1 atom stereocenters. The van der Waals surface area contributed by atoms with Crippen LogP contribution in [0.2, 0.25) is 0 Å². The highest BCUT2D eigenvalue weighted by atomic mass is 32.2. The largest absolute Gasteiger partial charge is 0.324 e. The summed E-state index contributed by atoms with van der Waals surface area (Å²) >= 11 is 1.93. The Balaban J connectivity index is 1.76. The van der Waals surface area contributed by atoms with Crippen LogP contribution >= 0.6 is 11.8 Å². The van der Waals surface area contributed by atoms with Gasteiger partial charge in [0.05, 0.1) is 0 Å².